The van der Waals surface area contributed by atoms with Gasteiger partial charge in [-0.1, -0.05) is 6.07 Å². The van der Waals surface area contributed by atoms with Crippen LogP contribution in [0.2, 0.25) is 0 Å². The highest BCUT2D eigenvalue weighted by Gasteiger charge is 2.15. The van der Waals surface area contributed by atoms with Gasteiger partial charge >= 0.3 is 0 Å². The molecule has 5 nitrogen and oxygen atoms in total. The van der Waals surface area contributed by atoms with Crippen molar-refractivity contribution >= 4 is 11.6 Å². The van der Waals surface area contributed by atoms with Gasteiger partial charge in [-0.3, -0.25) is 9.48 Å². The maximum absolute atomic E-state index is 13.4. The first-order valence-electron chi connectivity index (χ1n) is 5.53. The lowest BCUT2D eigenvalue weighted by Gasteiger charge is -2.07. The van der Waals surface area contributed by atoms with Gasteiger partial charge in [0.1, 0.15) is 23.1 Å². The summed E-state index contributed by atoms with van der Waals surface area (Å²) in [4.78, 5) is 12.0. The zero-order chi connectivity index (χ0) is 14.0. The van der Waals surface area contributed by atoms with E-state index in [1.165, 1.54) is 22.9 Å². The Bertz CT molecular complexity index is 684. The normalized spacial score (nSPS) is 10.0. The van der Waals surface area contributed by atoms with Crippen LogP contribution in [0.25, 0.3) is 0 Å². The highest BCUT2D eigenvalue weighted by atomic mass is 19.1. The van der Waals surface area contributed by atoms with E-state index in [-0.39, 0.29) is 11.3 Å². The second kappa shape index (κ2) is 4.90. The zero-order valence-corrected chi connectivity index (χ0v) is 10.4. The highest BCUT2D eigenvalue weighted by Crippen LogP contribution is 2.18. The van der Waals surface area contributed by atoms with Crippen LogP contribution in [-0.2, 0) is 7.05 Å². The number of nitriles is 1. The van der Waals surface area contributed by atoms with Crippen molar-refractivity contribution in [3.63, 3.8) is 0 Å². The fourth-order valence-corrected chi connectivity index (χ4v) is 1.75. The minimum absolute atomic E-state index is 0.145. The molecule has 1 aromatic carbocycles. The molecule has 1 heterocycles. The van der Waals surface area contributed by atoms with E-state index >= 15 is 0 Å². The minimum Gasteiger partial charge on any atom is -0.319 e. The van der Waals surface area contributed by atoms with Crippen molar-refractivity contribution in [3.8, 4) is 6.07 Å². The molecule has 0 bridgehead atoms. The molecule has 0 fully saturated rings. The first-order valence-corrected chi connectivity index (χ1v) is 5.53. The summed E-state index contributed by atoms with van der Waals surface area (Å²) in [6.07, 6.45) is 0. The third kappa shape index (κ3) is 2.45. The van der Waals surface area contributed by atoms with Gasteiger partial charge in [0.25, 0.3) is 5.91 Å². The molecule has 2 aromatic rings. The molecule has 0 unspecified atom stereocenters. The summed E-state index contributed by atoms with van der Waals surface area (Å²) < 4.78 is 14.8. The van der Waals surface area contributed by atoms with Gasteiger partial charge in [-0.05, 0) is 25.1 Å². The van der Waals surface area contributed by atoms with Crippen molar-refractivity contribution in [2.45, 2.75) is 6.92 Å². The van der Waals surface area contributed by atoms with Gasteiger partial charge in [0.2, 0.25) is 0 Å². The number of aryl methyl sites for hydroxylation is 2. The molecule has 0 saturated carbocycles. The second-order valence-electron chi connectivity index (χ2n) is 4.02. The maximum Gasteiger partial charge on any atom is 0.273 e. The number of benzene rings is 1. The molecule has 1 amide bonds. The summed E-state index contributed by atoms with van der Waals surface area (Å²) >= 11 is 0. The molecule has 6 heteroatoms. The molecule has 0 saturated heterocycles. The van der Waals surface area contributed by atoms with Gasteiger partial charge in [0.05, 0.1) is 11.4 Å². The quantitative estimate of drug-likeness (QED) is 0.895. The van der Waals surface area contributed by atoms with Crippen LogP contribution in [0.15, 0.2) is 24.3 Å². The largest absolute Gasteiger partial charge is 0.319 e. The molecule has 96 valence electrons. The van der Waals surface area contributed by atoms with Crippen molar-refractivity contribution in [1.82, 2.24) is 9.78 Å². The smallest absolute Gasteiger partial charge is 0.273 e. The SMILES string of the molecule is Cc1cc(C(=O)Nc2cccc(F)c2C#N)n(C)n1. The number of carbonyl (C=O) groups is 1. The third-order valence-corrected chi connectivity index (χ3v) is 2.61. The van der Waals surface area contributed by atoms with Gasteiger partial charge in [0, 0.05) is 7.05 Å². The van der Waals surface area contributed by atoms with Gasteiger partial charge in [-0.2, -0.15) is 10.4 Å². The molecule has 19 heavy (non-hydrogen) atoms. The molecule has 0 aliphatic heterocycles. The molecular formula is C13H11FN4O. The van der Waals surface area contributed by atoms with Gasteiger partial charge in [-0.15, -0.1) is 0 Å². The number of anilines is 1. The lowest BCUT2D eigenvalue weighted by molar-refractivity contribution is 0.101. The van der Waals surface area contributed by atoms with E-state index in [4.69, 9.17) is 5.26 Å². The van der Waals surface area contributed by atoms with Crippen molar-refractivity contribution in [2.24, 2.45) is 7.05 Å². The van der Waals surface area contributed by atoms with Crippen molar-refractivity contribution < 1.29 is 9.18 Å². The number of nitrogens with zero attached hydrogens (tertiary/aromatic N) is 3. The number of hydrogen-bond acceptors (Lipinski definition) is 3. The van der Waals surface area contributed by atoms with Crippen LogP contribution >= 0.6 is 0 Å². The first kappa shape index (κ1) is 12.8. The van der Waals surface area contributed by atoms with Gasteiger partial charge in [-0.25, -0.2) is 4.39 Å². The Hall–Kier alpha value is -2.68. The van der Waals surface area contributed by atoms with E-state index in [0.29, 0.717) is 11.4 Å². The topological polar surface area (TPSA) is 70.7 Å². The van der Waals surface area contributed by atoms with Crippen molar-refractivity contribution in [3.05, 3.63) is 47.0 Å². The molecule has 0 radical (unpaired) electrons. The predicted molar refractivity (Wildman–Crippen MR) is 67.0 cm³/mol. The Kier molecular flexibility index (Phi) is 3.29. The minimum atomic E-state index is -0.665. The lowest BCUT2D eigenvalue weighted by Crippen LogP contribution is -2.17. The van der Waals surface area contributed by atoms with Gasteiger partial charge in [0.15, 0.2) is 0 Å². The Morgan fingerprint density at radius 3 is 2.84 bits per heavy atom. The standard InChI is InChI=1S/C13H11FN4O/c1-8-6-12(18(2)17-8)13(19)16-11-5-3-4-10(14)9(11)7-15/h3-6H,1-2H3,(H,16,19). The van der Waals surface area contributed by atoms with Crippen LogP contribution in [0.4, 0.5) is 10.1 Å². The van der Waals surface area contributed by atoms with E-state index in [0.717, 1.165) is 0 Å². The average Bonchev–Trinajstić information content (AvgIpc) is 2.69. The number of amides is 1. The number of halogens is 1. The van der Waals surface area contributed by atoms with Crippen LogP contribution in [0.1, 0.15) is 21.7 Å². The molecule has 0 aliphatic rings. The average molecular weight is 258 g/mol. The Balaban J connectivity index is 2.32. The third-order valence-electron chi connectivity index (χ3n) is 2.61. The van der Waals surface area contributed by atoms with E-state index < -0.39 is 11.7 Å². The number of carbonyl (C=O) groups excluding carboxylic acids is 1. The first-order chi connectivity index (χ1) is 9.02. The van der Waals surface area contributed by atoms with Crippen LogP contribution in [0.3, 0.4) is 0 Å². The fourth-order valence-electron chi connectivity index (χ4n) is 1.75. The fraction of sp³-hybridized carbons (Fsp3) is 0.154. The Labute approximate surface area is 109 Å². The second-order valence-corrected chi connectivity index (χ2v) is 4.02. The molecule has 1 aromatic heterocycles. The number of rotatable bonds is 2. The zero-order valence-electron chi connectivity index (χ0n) is 10.4. The van der Waals surface area contributed by atoms with Crippen LogP contribution in [0, 0.1) is 24.1 Å². The maximum atomic E-state index is 13.4. The highest BCUT2D eigenvalue weighted by molar-refractivity contribution is 6.03. The summed E-state index contributed by atoms with van der Waals surface area (Å²) in [7, 11) is 1.64. The number of aromatic nitrogens is 2. The summed E-state index contributed by atoms with van der Waals surface area (Å²) in [5, 5.41) is 15.4. The van der Waals surface area contributed by atoms with E-state index in [2.05, 4.69) is 10.4 Å². The Morgan fingerprint density at radius 1 is 1.53 bits per heavy atom. The summed E-state index contributed by atoms with van der Waals surface area (Å²) in [5.74, 6) is -1.10. The van der Waals surface area contributed by atoms with E-state index in [1.54, 1.807) is 26.1 Å². The number of nitrogens with one attached hydrogen (secondary N) is 1. The Morgan fingerprint density at radius 2 is 2.26 bits per heavy atom. The van der Waals surface area contributed by atoms with Crippen LogP contribution in [0.5, 0.6) is 0 Å². The summed E-state index contributed by atoms with van der Waals surface area (Å²) in [6.45, 7) is 1.76. The summed E-state index contributed by atoms with van der Waals surface area (Å²) in [6, 6.07) is 7.42. The molecule has 0 spiro atoms. The lowest BCUT2D eigenvalue weighted by atomic mass is 10.2. The molecule has 0 aliphatic carbocycles. The monoisotopic (exact) mass is 258 g/mol. The molecule has 1 N–H and O–H groups in total. The molecule has 2 rings (SSSR count). The van der Waals surface area contributed by atoms with Crippen molar-refractivity contribution in [2.75, 3.05) is 5.32 Å². The van der Waals surface area contributed by atoms with E-state index in [1.807, 2.05) is 0 Å². The summed E-state index contributed by atoms with van der Waals surface area (Å²) in [5.41, 5.74) is 0.999. The van der Waals surface area contributed by atoms with Crippen molar-refractivity contribution in [1.29, 1.82) is 5.26 Å². The van der Waals surface area contributed by atoms with Crippen LogP contribution in [-0.4, -0.2) is 15.7 Å². The van der Waals surface area contributed by atoms with Crippen LogP contribution < -0.4 is 5.32 Å². The predicted octanol–water partition coefficient (Wildman–Crippen LogP) is 1.99. The number of hydrogen-bond donors (Lipinski definition) is 1. The van der Waals surface area contributed by atoms with Gasteiger partial charge < -0.3 is 5.32 Å². The van der Waals surface area contributed by atoms with E-state index in [9.17, 15) is 9.18 Å². The molecule has 0 atom stereocenters. The molecular weight excluding hydrogens is 247 g/mol.